The first kappa shape index (κ1) is 26.0. The van der Waals surface area contributed by atoms with Gasteiger partial charge in [0, 0.05) is 31.4 Å². The lowest BCUT2D eigenvalue weighted by atomic mass is 9.95. The molecule has 4 aromatic carbocycles. The molecule has 1 saturated heterocycles. The molecule has 1 heterocycles. The molecule has 1 N–H and O–H groups in total. The van der Waals surface area contributed by atoms with E-state index in [0.29, 0.717) is 13.2 Å². The van der Waals surface area contributed by atoms with E-state index in [1.807, 2.05) is 0 Å². The summed E-state index contributed by atoms with van der Waals surface area (Å²) in [5, 5.41) is 6.12. The Hall–Kier alpha value is -3.63. The topological polar surface area (TPSA) is 41.6 Å². The lowest BCUT2D eigenvalue weighted by molar-refractivity contribution is -0.148. The van der Waals surface area contributed by atoms with E-state index in [4.69, 9.17) is 4.74 Å². The number of unbranched alkanes of at least 4 members (excludes halogenated alkanes) is 1. The molecular formula is C34H38N2O2. The van der Waals surface area contributed by atoms with Crippen molar-refractivity contribution in [1.82, 2.24) is 5.32 Å². The second-order valence-corrected chi connectivity index (χ2v) is 10.4. The minimum atomic E-state index is -0.0499. The van der Waals surface area contributed by atoms with Crippen LogP contribution in [0.5, 0.6) is 0 Å². The third-order valence-electron chi connectivity index (χ3n) is 7.52. The predicted molar refractivity (Wildman–Crippen MR) is 156 cm³/mol. The number of rotatable bonds is 11. The van der Waals surface area contributed by atoms with Crippen LogP contribution in [0.3, 0.4) is 0 Å². The monoisotopic (exact) mass is 506 g/mol. The van der Waals surface area contributed by atoms with Gasteiger partial charge in [-0.1, -0.05) is 98.3 Å². The highest BCUT2D eigenvalue weighted by atomic mass is 16.5. The Balaban J connectivity index is 1.36. The van der Waals surface area contributed by atoms with Gasteiger partial charge < -0.3 is 15.0 Å². The molecule has 38 heavy (non-hydrogen) atoms. The SMILES string of the molecule is CCCCOC(=O)C1CN[C@@H](Cc2cccc3ccc(N(Cc4ccccc4)Cc4ccccc4)cc23)C1. The molecule has 196 valence electrons. The maximum absolute atomic E-state index is 12.5. The first-order valence-electron chi connectivity index (χ1n) is 13.9. The van der Waals surface area contributed by atoms with E-state index in [9.17, 15) is 4.79 Å². The van der Waals surface area contributed by atoms with Gasteiger partial charge in [0.05, 0.1) is 12.5 Å². The number of benzene rings is 4. The van der Waals surface area contributed by atoms with Crippen LogP contribution in [0.2, 0.25) is 0 Å². The molecule has 1 fully saturated rings. The van der Waals surface area contributed by atoms with Crippen LogP contribution in [0.25, 0.3) is 10.8 Å². The average molecular weight is 507 g/mol. The van der Waals surface area contributed by atoms with E-state index in [1.54, 1.807) is 0 Å². The zero-order valence-corrected chi connectivity index (χ0v) is 22.3. The van der Waals surface area contributed by atoms with Crippen molar-refractivity contribution in [1.29, 1.82) is 0 Å². The first-order chi connectivity index (χ1) is 18.7. The van der Waals surface area contributed by atoms with Crippen LogP contribution in [0.15, 0.2) is 97.1 Å². The Bertz CT molecular complexity index is 1280. The van der Waals surface area contributed by atoms with Crippen LogP contribution in [0.1, 0.15) is 42.9 Å². The zero-order valence-electron chi connectivity index (χ0n) is 22.3. The van der Waals surface area contributed by atoms with Crippen molar-refractivity contribution in [3.05, 3.63) is 114 Å². The predicted octanol–water partition coefficient (Wildman–Crippen LogP) is 6.91. The minimum absolute atomic E-state index is 0.0466. The minimum Gasteiger partial charge on any atom is -0.465 e. The largest absolute Gasteiger partial charge is 0.465 e. The number of nitrogens with one attached hydrogen (secondary N) is 1. The van der Waals surface area contributed by atoms with Gasteiger partial charge in [-0.15, -0.1) is 0 Å². The summed E-state index contributed by atoms with van der Waals surface area (Å²) in [5.74, 6) is -0.0965. The maximum Gasteiger partial charge on any atom is 0.310 e. The molecule has 5 rings (SSSR count). The summed E-state index contributed by atoms with van der Waals surface area (Å²) in [5.41, 5.74) is 5.13. The highest BCUT2D eigenvalue weighted by molar-refractivity contribution is 5.89. The zero-order chi connectivity index (χ0) is 26.2. The summed E-state index contributed by atoms with van der Waals surface area (Å²) in [6.45, 7) is 5.03. The Labute approximate surface area is 226 Å². The fourth-order valence-electron chi connectivity index (χ4n) is 5.40. The third-order valence-corrected chi connectivity index (χ3v) is 7.52. The summed E-state index contributed by atoms with van der Waals surface area (Å²) in [7, 11) is 0. The normalized spacial score (nSPS) is 17.0. The van der Waals surface area contributed by atoms with Gasteiger partial charge in [0.15, 0.2) is 0 Å². The smallest absolute Gasteiger partial charge is 0.310 e. The number of carbonyl (C=O) groups is 1. The second-order valence-electron chi connectivity index (χ2n) is 10.4. The second kappa shape index (κ2) is 12.7. The molecule has 1 aliphatic rings. The van der Waals surface area contributed by atoms with Crippen LogP contribution in [0, 0.1) is 5.92 Å². The number of nitrogens with zero attached hydrogens (tertiary/aromatic N) is 1. The quantitative estimate of drug-likeness (QED) is 0.177. The van der Waals surface area contributed by atoms with Crippen LogP contribution in [-0.4, -0.2) is 25.2 Å². The van der Waals surface area contributed by atoms with Crippen molar-refractivity contribution in [2.45, 2.75) is 51.7 Å². The molecule has 0 bridgehead atoms. The van der Waals surface area contributed by atoms with E-state index >= 15 is 0 Å². The van der Waals surface area contributed by atoms with Gasteiger partial charge in [-0.25, -0.2) is 0 Å². The summed E-state index contributed by atoms with van der Waals surface area (Å²) < 4.78 is 5.49. The Morgan fingerprint density at radius 3 is 2.29 bits per heavy atom. The Morgan fingerprint density at radius 1 is 0.895 bits per heavy atom. The molecule has 0 radical (unpaired) electrons. The Kier molecular flexibility index (Phi) is 8.72. The number of hydrogen-bond donors (Lipinski definition) is 1. The van der Waals surface area contributed by atoms with Gasteiger partial charge >= 0.3 is 5.97 Å². The van der Waals surface area contributed by atoms with Crippen molar-refractivity contribution in [2.75, 3.05) is 18.1 Å². The van der Waals surface area contributed by atoms with Crippen molar-refractivity contribution in [3.63, 3.8) is 0 Å². The molecule has 2 atom stereocenters. The fourth-order valence-corrected chi connectivity index (χ4v) is 5.40. The molecule has 4 nitrogen and oxygen atoms in total. The van der Waals surface area contributed by atoms with Crippen LogP contribution >= 0.6 is 0 Å². The van der Waals surface area contributed by atoms with Crippen LogP contribution < -0.4 is 10.2 Å². The van der Waals surface area contributed by atoms with Gasteiger partial charge in [0.25, 0.3) is 0 Å². The average Bonchev–Trinajstić information content (AvgIpc) is 3.43. The van der Waals surface area contributed by atoms with Crippen LogP contribution in [0.4, 0.5) is 5.69 Å². The molecule has 0 spiro atoms. The van der Waals surface area contributed by atoms with Gasteiger partial charge in [-0.3, -0.25) is 4.79 Å². The number of esters is 1. The van der Waals surface area contributed by atoms with Crippen molar-refractivity contribution in [2.24, 2.45) is 5.92 Å². The van der Waals surface area contributed by atoms with Crippen molar-refractivity contribution < 1.29 is 9.53 Å². The molecule has 4 heteroatoms. The summed E-state index contributed by atoms with van der Waals surface area (Å²) in [6, 6.07) is 35.0. The fraction of sp³-hybridized carbons (Fsp3) is 0.324. The van der Waals surface area contributed by atoms with Gasteiger partial charge in [0.2, 0.25) is 0 Å². The number of carbonyl (C=O) groups excluding carboxylic acids is 1. The molecule has 1 aliphatic heterocycles. The molecule has 0 saturated carbocycles. The number of ether oxygens (including phenoxy) is 1. The number of fused-ring (bicyclic) bond motifs is 1. The number of anilines is 1. The van der Waals surface area contributed by atoms with E-state index in [0.717, 1.165) is 38.8 Å². The number of hydrogen-bond acceptors (Lipinski definition) is 4. The van der Waals surface area contributed by atoms with E-state index < -0.39 is 0 Å². The highest BCUT2D eigenvalue weighted by Gasteiger charge is 2.30. The standard InChI is InChI=1S/C34H38N2O2/c1-2-3-19-38-34(37)30-21-31(35-23-30)20-29-16-10-15-28-17-18-32(22-33(28)29)36(24-26-11-6-4-7-12-26)25-27-13-8-5-9-14-27/h4-18,22,30-31,35H,2-3,19-21,23-25H2,1H3/t30?,31-/m0/s1. The first-order valence-corrected chi connectivity index (χ1v) is 13.9. The summed E-state index contributed by atoms with van der Waals surface area (Å²) >= 11 is 0. The van der Waals surface area contributed by atoms with Gasteiger partial charge in [-0.05, 0) is 58.9 Å². The van der Waals surface area contributed by atoms with Gasteiger partial charge in [-0.2, -0.15) is 0 Å². The van der Waals surface area contributed by atoms with Gasteiger partial charge in [0.1, 0.15) is 0 Å². The van der Waals surface area contributed by atoms with E-state index in [-0.39, 0.29) is 17.9 Å². The molecular weight excluding hydrogens is 468 g/mol. The van der Waals surface area contributed by atoms with E-state index in [1.165, 1.54) is 33.2 Å². The molecule has 0 aromatic heterocycles. The molecule has 4 aromatic rings. The van der Waals surface area contributed by atoms with E-state index in [2.05, 4.69) is 114 Å². The maximum atomic E-state index is 12.5. The lowest BCUT2D eigenvalue weighted by Gasteiger charge is -2.26. The van der Waals surface area contributed by atoms with Crippen LogP contribution in [-0.2, 0) is 29.0 Å². The highest BCUT2D eigenvalue weighted by Crippen LogP contribution is 2.29. The van der Waals surface area contributed by atoms with Crippen molar-refractivity contribution >= 4 is 22.4 Å². The lowest BCUT2D eigenvalue weighted by Crippen LogP contribution is -2.24. The summed E-state index contributed by atoms with van der Waals surface area (Å²) in [4.78, 5) is 14.9. The Morgan fingerprint density at radius 2 is 1.61 bits per heavy atom. The summed E-state index contributed by atoms with van der Waals surface area (Å²) in [6.07, 6.45) is 3.70. The molecule has 1 unspecified atom stereocenters. The molecule has 0 aliphatic carbocycles. The third kappa shape index (κ3) is 6.62. The van der Waals surface area contributed by atoms with Crippen molar-refractivity contribution in [3.8, 4) is 0 Å². The molecule has 0 amide bonds.